The minimum absolute atomic E-state index is 0.363. The molecule has 0 aromatic heterocycles. The summed E-state index contributed by atoms with van der Waals surface area (Å²) in [5, 5.41) is 0. The predicted octanol–water partition coefficient (Wildman–Crippen LogP) is 6.34. The first-order valence-electron chi connectivity index (χ1n) is 5.16. The van der Waals surface area contributed by atoms with Crippen molar-refractivity contribution in [1.82, 2.24) is 0 Å². The van der Waals surface area contributed by atoms with E-state index in [1.165, 1.54) is 27.2 Å². The summed E-state index contributed by atoms with van der Waals surface area (Å²) in [6.07, 6.45) is 0. The Bertz CT molecular complexity index is 501. The molecule has 0 N–H and O–H groups in total. The van der Waals surface area contributed by atoms with Crippen molar-refractivity contribution in [2.24, 2.45) is 0 Å². The first kappa shape index (κ1) is 15.0. The topological polar surface area (TPSA) is 0 Å². The minimum atomic E-state index is -3.37. The van der Waals surface area contributed by atoms with Crippen LogP contribution >= 0.6 is 55.6 Å². The van der Waals surface area contributed by atoms with E-state index in [9.17, 15) is 0 Å². The van der Waals surface area contributed by atoms with Crippen LogP contribution in [-0.2, 0) is 13.4 Å². The molecule has 6 heteroatoms. The second-order valence-corrected chi connectivity index (χ2v) is 19.8. The zero-order valence-electron chi connectivity index (χ0n) is 9.92. The summed E-state index contributed by atoms with van der Waals surface area (Å²) < 4.78 is 0.706. The molecule has 94 valence electrons. The van der Waals surface area contributed by atoms with Crippen LogP contribution in [0.5, 0.6) is 0 Å². The molecule has 0 spiro atoms. The summed E-state index contributed by atoms with van der Waals surface area (Å²) in [5.74, 6) is 0. The summed E-state index contributed by atoms with van der Waals surface area (Å²) in [6, 6.07) is 0. The Morgan fingerprint density at radius 2 is 1.59 bits per heavy atom. The quantitative estimate of drug-likeness (QED) is 0.455. The molecule has 1 aliphatic heterocycles. The van der Waals surface area contributed by atoms with Gasteiger partial charge in [0.2, 0.25) is 0 Å². The van der Waals surface area contributed by atoms with Crippen molar-refractivity contribution in [3.8, 4) is 0 Å². The average molecular weight is 410 g/mol. The number of thioether (sulfide) groups is 1. The van der Waals surface area contributed by atoms with E-state index < -0.39 is 13.4 Å². The Labute approximate surface area is 130 Å². The second kappa shape index (κ2) is 4.58. The van der Waals surface area contributed by atoms with Crippen LogP contribution in [0.4, 0.5) is 0 Å². The van der Waals surface area contributed by atoms with E-state index in [4.69, 9.17) is 27.9 Å². The second-order valence-electron chi connectivity index (χ2n) is 4.53. The third-order valence-electron chi connectivity index (χ3n) is 3.55. The molecule has 1 heterocycles. The molecule has 0 amide bonds. The molecule has 0 bridgehead atoms. The van der Waals surface area contributed by atoms with E-state index >= 15 is 0 Å². The van der Waals surface area contributed by atoms with Gasteiger partial charge in [0.25, 0.3) is 0 Å². The molecule has 17 heavy (non-hydrogen) atoms. The number of hydrogen-bond donors (Lipinski definition) is 0. The number of halogens is 4. The Morgan fingerprint density at radius 3 is 2.00 bits per heavy atom. The Hall–Kier alpha value is 1.63. The van der Waals surface area contributed by atoms with E-state index in [-0.39, 0.29) is 3.05 Å². The number of allylic oxidation sites excluding steroid dienone is 4. The Kier molecular flexibility index (Phi) is 4.05. The van der Waals surface area contributed by atoms with E-state index in [0.717, 1.165) is 4.48 Å². The van der Waals surface area contributed by atoms with Crippen LogP contribution < -0.4 is 0 Å². The molecule has 0 aromatic carbocycles. The molecule has 0 saturated heterocycles. The SMILES string of the molecule is CC1=C(C)C2=C(Br)[C](C)([Ti]([Cl])([Cl])[Cl])SC2=C1C. The summed E-state index contributed by atoms with van der Waals surface area (Å²) in [6.45, 7) is 8.48. The predicted molar refractivity (Wildman–Crippen MR) is 80.6 cm³/mol. The van der Waals surface area contributed by atoms with Gasteiger partial charge in [0.1, 0.15) is 0 Å². The van der Waals surface area contributed by atoms with Gasteiger partial charge in [0.05, 0.1) is 0 Å². The standard InChI is InChI=1S/C11H12BrS.3ClH.Ti/c1-5-6(2)9-10(12)8(4)13-11(9)7(5)3;;;;/h1-4H3;3*1H;/q;;;;+3/p-3. The van der Waals surface area contributed by atoms with E-state index in [2.05, 4.69) is 36.7 Å². The van der Waals surface area contributed by atoms with Crippen molar-refractivity contribution in [3.05, 3.63) is 31.7 Å². The molecular weight excluding hydrogens is 398 g/mol. The third-order valence-corrected chi connectivity index (χ3v) is 16.8. The molecular formula is C11H12BrCl3STi. The van der Waals surface area contributed by atoms with E-state index in [1.807, 2.05) is 6.92 Å². The maximum atomic E-state index is 6.31. The maximum absolute atomic E-state index is 6.31. The van der Waals surface area contributed by atoms with Crippen LogP contribution in [0, 0.1) is 0 Å². The van der Waals surface area contributed by atoms with Crippen molar-refractivity contribution in [2.45, 2.75) is 30.7 Å². The Balaban J connectivity index is 2.65. The molecule has 2 aliphatic rings. The van der Waals surface area contributed by atoms with Gasteiger partial charge in [-0.15, -0.1) is 0 Å². The third kappa shape index (κ3) is 2.07. The summed E-state index contributed by atoms with van der Waals surface area (Å²) in [7, 11) is 18.9. The van der Waals surface area contributed by atoms with Gasteiger partial charge < -0.3 is 0 Å². The normalized spacial score (nSPS) is 29.6. The molecule has 1 aliphatic carbocycles. The molecule has 0 radical (unpaired) electrons. The first-order chi connectivity index (χ1) is 7.61. The van der Waals surface area contributed by atoms with Gasteiger partial charge in [-0.1, -0.05) is 0 Å². The fraction of sp³-hybridized carbons (Fsp3) is 0.455. The zero-order valence-corrected chi connectivity index (χ0v) is 16.2. The van der Waals surface area contributed by atoms with Crippen molar-refractivity contribution < 1.29 is 13.4 Å². The molecule has 0 saturated carbocycles. The molecule has 0 fully saturated rings. The van der Waals surface area contributed by atoms with Crippen molar-refractivity contribution in [3.63, 3.8) is 0 Å². The van der Waals surface area contributed by atoms with Gasteiger partial charge >= 0.3 is 131 Å². The van der Waals surface area contributed by atoms with Gasteiger partial charge in [0, 0.05) is 0 Å². The van der Waals surface area contributed by atoms with Crippen LogP contribution in [-0.4, -0.2) is 3.05 Å². The van der Waals surface area contributed by atoms with Crippen LogP contribution in [0.3, 0.4) is 0 Å². The molecule has 0 aromatic rings. The average Bonchev–Trinajstić information content (AvgIpc) is 2.58. The Morgan fingerprint density at radius 1 is 1.06 bits per heavy atom. The number of fused-ring (bicyclic) bond motifs is 1. The van der Waals surface area contributed by atoms with Gasteiger partial charge in [-0.3, -0.25) is 0 Å². The van der Waals surface area contributed by atoms with Gasteiger partial charge in [-0.2, -0.15) is 0 Å². The first-order valence-corrected chi connectivity index (χ1v) is 14.0. The fourth-order valence-corrected chi connectivity index (χ4v) is 11.1. The van der Waals surface area contributed by atoms with Crippen molar-refractivity contribution in [2.75, 3.05) is 0 Å². The van der Waals surface area contributed by atoms with Crippen LogP contribution in [0.1, 0.15) is 27.7 Å². The van der Waals surface area contributed by atoms with Crippen LogP contribution in [0.25, 0.3) is 0 Å². The van der Waals surface area contributed by atoms with Gasteiger partial charge in [-0.25, -0.2) is 0 Å². The summed E-state index contributed by atoms with van der Waals surface area (Å²) in [4.78, 5) is 1.28. The molecule has 1 atom stereocenters. The number of hydrogen-bond acceptors (Lipinski definition) is 1. The van der Waals surface area contributed by atoms with Crippen molar-refractivity contribution in [1.29, 1.82) is 0 Å². The van der Waals surface area contributed by atoms with Crippen molar-refractivity contribution >= 4 is 55.6 Å². The number of rotatable bonds is 1. The van der Waals surface area contributed by atoms with Gasteiger partial charge in [-0.05, 0) is 0 Å². The van der Waals surface area contributed by atoms with Crippen LogP contribution in [0.15, 0.2) is 31.7 Å². The van der Waals surface area contributed by atoms with E-state index in [0.29, 0.717) is 0 Å². The molecule has 1 unspecified atom stereocenters. The zero-order chi connectivity index (χ0) is 13.2. The summed E-state index contributed by atoms with van der Waals surface area (Å²) in [5.41, 5.74) is 5.22. The molecule has 2 rings (SSSR count). The monoisotopic (exact) mass is 408 g/mol. The van der Waals surface area contributed by atoms with Gasteiger partial charge in [0.15, 0.2) is 0 Å². The molecule has 0 nitrogen and oxygen atoms in total. The fourth-order valence-electron chi connectivity index (χ4n) is 2.06. The summed E-state index contributed by atoms with van der Waals surface area (Å²) >= 11 is 2.04. The van der Waals surface area contributed by atoms with E-state index in [1.54, 1.807) is 11.8 Å². The van der Waals surface area contributed by atoms with Crippen LogP contribution in [0.2, 0.25) is 0 Å².